The molecule has 4 nitrogen and oxygen atoms in total. The van der Waals surface area contributed by atoms with Gasteiger partial charge in [0.05, 0.1) is 0 Å². The fraction of sp³-hybridized carbons (Fsp3) is 0.0625. The van der Waals surface area contributed by atoms with E-state index in [1.165, 1.54) is 0 Å². The minimum Gasteiger partial charge on any atom is -0.489 e. The first-order chi connectivity index (χ1) is 9.69. The Bertz CT molecular complexity index is 623. The summed E-state index contributed by atoms with van der Waals surface area (Å²) in [5.41, 5.74) is 7.40. The zero-order valence-electron chi connectivity index (χ0n) is 11.0. The summed E-state index contributed by atoms with van der Waals surface area (Å²) >= 11 is 0. The zero-order valence-corrected chi connectivity index (χ0v) is 11.0. The van der Waals surface area contributed by atoms with E-state index in [1.54, 1.807) is 42.5 Å². The largest absolute Gasteiger partial charge is 0.489 e. The molecule has 4 heteroatoms. The molecule has 2 rings (SSSR count). The molecule has 0 heterocycles. The second-order valence-electron chi connectivity index (χ2n) is 4.21. The molecule has 0 unspecified atom stereocenters. The molecule has 0 atom stereocenters. The molecule has 0 bridgehead atoms. The molecule has 0 aliphatic carbocycles. The average molecular weight is 268 g/mol. The number of carbonyl (C=O) groups excluding carboxylic acids is 1. The molecule has 0 saturated carbocycles. The highest BCUT2D eigenvalue weighted by Gasteiger charge is 2.06. The van der Waals surface area contributed by atoms with Crippen molar-refractivity contribution in [3.05, 3.63) is 66.7 Å². The van der Waals surface area contributed by atoms with Crippen molar-refractivity contribution in [1.29, 1.82) is 0 Å². The topological polar surface area (TPSA) is 64.3 Å². The third-order valence-corrected chi connectivity index (χ3v) is 2.61. The number of nitrogens with one attached hydrogen (secondary N) is 1. The lowest BCUT2D eigenvalue weighted by Crippen LogP contribution is -2.12. The molecule has 0 fully saturated rings. The second kappa shape index (κ2) is 6.43. The summed E-state index contributed by atoms with van der Waals surface area (Å²) in [5, 5.41) is 2.80. The summed E-state index contributed by atoms with van der Waals surface area (Å²) in [4.78, 5) is 12.1. The Kier molecular flexibility index (Phi) is 4.39. The number of rotatable bonds is 5. The number of anilines is 2. The molecule has 3 N–H and O–H groups in total. The first kappa shape index (κ1) is 13.7. The third kappa shape index (κ3) is 3.62. The Morgan fingerprint density at radius 3 is 2.80 bits per heavy atom. The highest BCUT2D eigenvalue weighted by atomic mass is 16.5. The Hall–Kier alpha value is -2.75. The van der Waals surface area contributed by atoms with E-state index in [1.807, 2.05) is 12.1 Å². The van der Waals surface area contributed by atoms with Gasteiger partial charge in [-0.05, 0) is 30.3 Å². The van der Waals surface area contributed by atoms with E-state index in [4.69, 9.17) is 10.5 Å². The molecule has 0 radical (unpaired) electrons. The molecule has 0 aliphatic heterocycles. The number of nitrogens with two attached hydrogens (primary N) is 1. The smallest absolute Gasteiger partial charge is 0.255 e. The van der Waals surface area contributed by atoms with Crippen LogP contribution in [0.4, 0.5) is 11.4 Å². The van der Waals surface area contributed by atoms with Crippen LogP contribution < -0.4 is 15.8 Å². The van der Waals surface area contributed by atoms with Gasteiger partial charge >= 0.3 is 0 Å². The van der Waals surface area contributed by atoms with Crippen molar-refractivity contribution < 1.29 is 9.53 Å². The van der Waals surface area contributed by atoms with Gasteiger partial charge in [-0.15, -0.1) is 0 Å². The summed E-state index contributed by atoms with van der Waals surface area (Å²) in [7, 11) is 0. The second-order valence-corrected chi connectivity index (χ2v) is 4.21. The molecule has 0 spiro atoms. The summed E-state index contributed by atoms with van der Waals surface area (Å²) in [6.45, 7) is 4.01. The summed E-state index contributed by atoms with van der Waals surface area (Å²) < 4.78 is 5.41. The van der Waals surface area contributed by atoms with Gasteiger partial charge in [-0.3, -0.25) is 4.79 Å². The van der Waals surface area contributed by atoms with E-state index in [9.17, 15) is 4.79 Å². The predicted octanol–water partition coefficient (Wildman–Crippen LogP) is 3.09. The van der Waals surface area contributed by atoms with Crippen LogP contribution in [0.25, 0.3) is 0 Å². The Labute approximate surface area is 117 Å². The van der Waals surface area contributed by atoms with Crippen LogP contribution in [0.1, 0.15) is 10.4 Å². The Balaban J connectivity index is 2.09. The van der Waals surface area contributed by atoms with E-state index >= 15 is 0 Å². The monoisotopic (exact) mass is 268 g/mol. The maximum atomic E-state index is 12.1. The number of nitrogen functional groups attached to an aromatic ring is 1. The van der Waals surface area contributed by atoms with Crippen LogP contribution in [0.2, 0.25) is 0 Å². The molecule has 20 heavy (non-hydrogen) atoms. The number of ether oxygens (including phenoxy) is 1. The summed E-state index contributed by atoms with van der Waals surface area (Å²) in [6.07, 6.45) is 1.66. The van der Waals surface area contributed by atoms with Gasteiger partial charge in [0.2, 0.25) is 0 Å². The molecule has 0 saturated heterocycles. The van der Waals surface area contributed by atoms with Crippen molar-refractivity contribution in [2.24, 2.45) is 0 Å². The van der Waals surface area contributed by atoms with Crippen LogP contribution in [-0.4, -0.2) is 12.5 Å². The SMILES string of the molecule is C=CCOc1cccc(NC(=O)c2cccc(N)c2)c1. The molecular formula is C16H16N2O2. The Morgan fingerprint density at radius 1 is 1.25 bits per heavy atom. The van der Waals surface area contributed by atoms with Crippen molar-refractivity contribution in [2.75, 3.05) is 17.7 Å². The number of amides is 1. The van der Waals surface area contributed by atoms with Gasteiger partial charge in [-0.1, -0.05) is 24.8 Å². The lowest BCUT2D eigenvalue weighted by molar-refractivity contribution is 0.102. The molecule has 0 aromatic heterocycles. The van der Waals surface area contributed by atoms with Crippen LogP contribution in [0, 0.1) is 0 Å². The highest BCUT2D eigenvalue weighted by Crippen LogP contribution is 2.18. The fourth-order valence-corrected chi connectivity index (χ4v) is 1.70. The van der Waals surface area contributed by atoms with E-state index in [-0.39, 0.29) is 5.91 Å². The minimum atomic E-state index is -0.210. The number of hydrogen-bond donors (Lipinski definition) is 2. The lowest BCUT2D eigenvalue weighted by Gasteiger charge is -2.08. The van der Waals surface area contributed by atoms with E-state index < -0.39 is 0 Å². The van der Waals surface area contributed by atoms with Crippen LogP contribution in [0.3, 0.4) is 0 Å². The molecule has 0 aliphatic rings. The van der Waals surface area contributed by atoms with Gasteiger partial charge in [0.25, 0.3) is 5.91 Å². The molecule has 2 aromatic rings. The Morgan fingerprint density at radius 2 is 2.05 bits per heavy atom. The lowest BCUT2D eigenvalue weighted by atomic mass is 10.2. The van der Waals surface area contributed by atoms with Crippen LogP contribution >= 0.6 is 0 Å². The van der Waals surface area contributed by atoms with Crippen molar-refractivity contribution in [2.45, 2.75) is 0 Å². The highest BCUT2D eigenvalue weighted by molar-refractivity contribution is 6.04. The van der Waals surface area contributed by atoms with Crippen LogP contribution in [0.5, 0.6) is 5.75 Å². The molecular weight excluding hydrogens is 252 g/mol. The van der Waals surface area contributed by atoms with Crippen molar-refractivity contribution in [1.82, 2.24) is 0 Å². The van der Waals surface area contributed by atoms with Crippen molar-refractivity contribution >= 4 is 17.3 Å². The van der Waals surface area contributed by atoms with Gasteiger partial charge in [0, 0.05) is 23.0 Å². The normalized spacial score (nSPS) is 9.80. The van der Waals surface area contributed by atoms with Gasteiger partial charge in [-0.2, -0.15) is 0 Å². The maximum Gasteiger partial charge on any atom is 0.255 e. The van der Waals surface area contributed by atoms with Gasteiger partial charge < -0.3 is 15.8 Å². The first-order valence-corrected chi connectivity index (χ1v) is 6.19. The summed E-state index contributed by atoms with van der Waals surface area (Å²) in [5.74, 6) is 0.466. The minimum absolute atomic E-state index is 0.210. The average Bonchev–Trinajstić information content (AvgIpc) is 2.45. The quantitative estimate of drug-likeness (QED) is 0.647. The van der Waals surface area contributed by atoms with Gasteiger partial charge in [0.15, 0.2) is 0 Å². The van der Waals surface area contributed by atoms with Crippen molar-refractivity contribution in [3.8, 4) is 5.75 Å². The standard InChI is InChI=1S/C16H16N2O2/c1-2-9-20-15-8-4-7-14(11-15)18-16(19)12-5-3-6-13(17)10-12/h2-8,10-11H,1,9,17H2,(H,18,19). The summed E-state index contributed by atoms with van der Waals surface area (Å²) in [6, 6.07) is 14.0. The fourth-order valence-electron chi connectivity index (χ4n) is 1.70. The predicted molar refractivity (Wildman–Crippen MR) is 80.9 cm³/mol. The van der Waals surface area contributed by atoms with Crippen LogP contribution in [-0.2, 0) is 0 Å². The number of carbonyl (C=O) groups is 1. The van der Waals surface area contributed by atoms with E-state index in [2.05, 4.69) is 11.9 Å². The number of hydrogen-bond acceptors (Lipinski definition) is 3. The van der Waals surface area contributed by atoms with Crippen LogP contribution in [0.15, 0.2) is 61.2 Å². The maximum absolute atomic E-state index is 12.1. The van der Waals surface area contributed by atoms with Gasteiger partial charge in [0.1, 0.15) is 12.4 Å². The third-order valence-electron chi connectivity index (χ3n) is 2.61. The number of benzene rings is 2. The van der Waals surface area contributed by atoms with Gasteiger partial charge in [-0.25, -0.2) is 0 Å². The molecule has 1 amide bonds. The van der Waals surface area contributed by atoms with E-state index in [0.717, 1.165) is 0 Å². The zero-order chi connectivity index (χ0) is 14.4. The van der Waals surface area contributed by atoms with Crippen molar-refractivity contribution in [3.63, 3.8) is 0 Å². The first-order valence-electron chi connectivity index (χ1n) is 6.19. The molecule has 102 valence electrons. The van der Waals surface area contributed by atoms with E-state index in [0.29, 0.717) is 29.3 Å². The molecule has 2 aromatic carbocycles.